The Morgan fingerprint density at radius 1 is 1.19 bits per heavy atom. The highest BCUT2D eigenvalue weighted by Gasteiger charge is 2.28. The topological polar surface area (TPSA) is 58.0 Å². The van der Waals surface area contributed by atoms with Crippen LogP contribution in [-0.4, -0.2) is 27.2 Å². The van der Waals surface area contributed by atoms with E-state index in [1.54, 1.807) is 0 Å². The maximum Gasteiger partial charge on any atom is 0.137 e. The molecule has 1 aromatic heterocycles. The summed E-state index contributed by atoms with van der Waals surface area (Å²) in [6.45, 7) is 6.84. The Kier molecular flexibility index (Phi) is 5.25. The molecule has 0 unspecified atom stereocenters. The molecule has 1 aromatic rings. The van der Waals surface area contributed by atoms with E-state index in [1.165, 1.54) is 12.8 Å². The van der Waals surface area contributed by atoms with Gasteiger partial charge in [0.2, 0.25) is 0 Å². The highest BCUT2D eigenvalue weighted by atomic mass is 79.9. The number of aliphatic hydroxyl groups is 1. The van der Waals surface area contributed by atoms with Gasteiger partial charge in [0.05, 0.1) is 5.60 Å². The predicted molar refractivity (Wildman–Crippen MR) is 89.6 cm³/mol. The summed E-state index contributed by atoms with van der Waals surface area (Å²) >= 11 is 3.44. The number of rotatable bonds is 3. The summed E-state index contributed by atoms with van der Waals surface area (Å²) in [5, 5.41) is 14.0. The van der Waals surface area contributed by atoms with Gasteiger partial charge in [-0.1, -0.05) is 46.5 Å². The molecule has 4 nitrogen and oxygen atoms in total. The Morgan fingerprint density at radius 3 is 2.38 bits per heavy atom. The summed E-state index contributed by atoms with van der Waals surface area (Å²) < 4.78 is 0.776. The molecule has 0 aromatic carbocycles. The van der Waals surface area contributed by atoms with Crippen molar-refractivity contribution >= 4 is 21.7 Å². The molecule has 1 aliphatic carbocycles. The van der Waals surface area contributed by atoms with Gasteiger partial charge >= 0.3 is 0 Å². The Morgan fingerprint density at radius 2 is 1.81 bits per heavy atom. The number of anilines is 1. The van der Waals surface area contributed by atoms with Crippen LogP contribution in [0.1, 0.15) is 65.1 Å². The van der Waals surface area contributed by atoms with Gasteiger partial charge in [0.1, 0.15) is 16.2 Å². The highest BCUT2D eigenvalue weighted by Crippen LogP contribution is 2.28. The number of nitrogens with one attached hydrogen (secondary N) is 1. The number of hydrogen-bond donors (Lipinski definition) is 2. The molecule has 1 aliphatic rings. The first-order chi connectivity index (χ1) is 9.78. The second kappa shape index (κ2) is 6.61. The van der Waals surface area contributed by atoms with Gasteiger partial charge in [-0.15, -0.1) is 0 Å². The molecule has 0 aliphatic heterocycles. The monoisotopic (exact) mass is 355 g/mol. The molecule has 0 amide bonds. The van der Waals surface area contributed by atoms with Gasteiger partial charge in [0.15, 0.2) is 0 Å². The fourth-order valence-electron chi connectivity index (χ4n) is 2.66. The summed E-state index contributed by atoms with van der Waals surface area (Å²) in [6, 6.07) is 1.87. The second-order valence-electron chi connectivity index (χ2n) is 7.14. The van der Waals surface area contributed by atoms with Crippen LogP contribution in [0.3, 0.4) is 0 Å². The van der Waals surface area contributed by atoms with Crippen molar-refractivity contribution < 1.29 is 5.11 Å². The first-order valence-corrected chi connectivity index (χ1v) is 8.59. The van der Waals surface area contributed by atoms with Crippen molar-refractivity contribution in [2.24, 2.45) is 0 Å². The van der Waals surface area contributed by atoms with E-state index in [0.717, 1.165) is 41.9 Å². The standard InChI is InChI=1S/C16H26BrN3O/c1-15(2,3)14-19-12(17)10-13(20-14)18-11-16(21)8-6-4-5-7-9-16/h10,21H,4-9,11H2,1-3H3,(H,18,19,20). The van der Waals surface area contributed by atoms with Gasteiger partial charge in [-0.3, -0.25) is 0 Å². The maximum absolute atomic E-state index is 10.7. The Balaban J connectivity index is 2.07. The van der Waals surface area contributed by atoms with Gasteiger partial charge in [-0.05, 0) is 28.8 Å². The first-order valence-electron chi connectivity index (χ1n) is 7.80. The molecule has 0 saturated heterocycles. The molecule has 1 heterocycles. The molecule has 0 atom stereocenters. The summed E-state index contributed by atoms with van der Waals surface area (Å²) in [4.78, 5) is 9.02. The van der Waals surface area contributed by atoms with E-state index in [4.69, 9.17) is 0 Å². The van der Waals surface area contributed by atoms with Crippen LogP contribution >= 0.6 is 15.9 Å². The Bertz CT molecular complexity index is 477. The molecule has 118 valence electrons. The zero-order valence-electron chi connectivity index (χ0n) is 13.2. The van der Waals surface area contributed by atoms with Crippen molar-refractivity contribution in [2.45, 2.75) is 70.3 Å². The Hall–Kier alpha value is -0.680. The molecular weight excluding hydrogens is 330 g/mol. The number of aromatic nitrogens is 2. The summed E-state index contributed by atoms with van der Waals surface area (Å²) in [6.07, 6.45) is 6.43. The zero-order chi connectivity index (χ0) is 15.5. The third-order valence-electron chi connectivity index (χ3n) is 4.00. The fourth-order valence-corrected chi connectivity index (χ4v) is 3.05. The van der Waals surface area contributed by atoms with Crippen molar-refractivity contribution in [2.75, 3.05) is 11.9 Å². The molecule has 2 rings (SSSR count). The number of halogens is 1. The SMILES string of the molecule is CC(C)(C)c1nc(Br)cc(NCC2(O)CCCCCC2)n1. The normalized spacial score (nSPS) is 19.1. The van der Waals surface area contributed by atoms with E-state index in [1.807, 2.05) is 6.07 Å². The smallest absolute Gasteiger partial charge is 0.137 e. The zero-order valence-corrected chi connectivity index (χ0v) is 14.8. The predicted octanol–water partition coefficient (Wildman–Crippen LogP) is 4.03. The molecular formula is C16H26BrN3O. The van der Waals surface area contributed by atoms with E-state index >= 15 is 0 Å². The van der Waals surface area contributed by atoms with Gasteiger partial charge in [-0.25, -0.2) is 9.97 Å². The van der Waals surface area contributed by atoms with Crippen LogP contribution in [0, 0.1) is 0 Å². The van der Waals surface area contributed by atoms with E-state index in [2.05, 4.69) is 52.0 Å². The van der Waals surface area contributed by atoms with Crippen molar-refractivity contribution in [3.05, 3.63) is 16.5 Å². The average Bonchev–Trinajstić information content (AvgIpc) is 2.60. The third-order valence-corrected chi connectivity index (χ3v) is 4.40. The van der Waals surface area contributed by atoms with Gasteiger partial charge < -0.3 is 10.4 Å². The van der Waals surface area contributed by atoms with Gasteiger partial charge in [-0.2, -0.15) is 0 Å². The maximum atomic E-state index is 10.7. The lowest BCUT2D eigenvalue weighted by molar-refractivity contribution is 0.0380. The van der Waals surface area contributed by atoms with E-state index in [-0.39, 0.29) is 5.41 Å². The van der Waals surface area contributed by atoms with Crippen LogP contribution in [0.15, 0.2) is 10.7 Å². The van der Waals surface area contributed by atoms with E-state index in [9.17, 15) is 5.11 Å². The largest absolute Gasteiger partial charge is 0.388 e. The number of hydrogen-bond acceptors (Lipinski definition) is 4. The molecule has 0 bridgehead atoms. The average molecular weight is 356 g/mol. The highest BCUT2D eigenvalue weighted by molar-refractivity contribution is 9.10. The minimum Gasteiger partial charge on any atom is -0.388 e. The molecule has 0 spiro atoms. The fraction of sp³-hybridized carbons (Fsp3) is 0.750. The summed E-state index contributed by atoms with van der Waals surface area (Å²) in [5.74, 6) is 1.58. The minimum absolute atomic E-state index is 0.0978. The van der Waals surface area contributed by atoms with Crippen LogP contribution in [0.5, 0.6) is 0 Å². The quantitative estimate of drug-likeness (QED) is 0.634. The molecule has 2 N–H and O–H groups in total. The lowest BCUT2D eigenvalue weighted by Crippen LogP contribution is -2.36. The van der Waals surface area contributed by atoms with Gasteiger partial charge in [0.25, 0.3) is 0 Å². The van der Waals surface area contributed by atoms with Crippen molar-refractivity contribution in [1.29, 1.82) is 0 Å². The van der Waals surface area contributed by atoms with E-state index in [0.29, 0.717) is 6.54 Å². The lowest BCUT2D eigenvalue weighted by Gasteiger charge is -2.27. The first kappa shape index (κ1) is 16.7. The molecule has 1 saturated carbocycles. The van der Waals surface area contributed by atoms with E-state index < -0.39 is 5.60 Å². The Labute approximate surface area is 135 Å². The van der Waals surface area contributed by atoms with Gasteiger partial charge in [0, 0.05) is 18.0 Å². The van der Waals surface area contributed by atoms with Crippen molar-refractivity contribution in [3.8, 4) is 0 Å². The molecule has 5 heteroatoms. The minimum atomic E-state index is -0.601. The van der Waals surface area contributed by atoms with Crippen LogP contribution in [0.2, 0.25) is 0 Å². The lowest BCUT2D eigenvalue weighted by atomic mass is 9.94. The van der Waals surface area contributed by atoms with Crippen LogP contribution in [0.25, 0.3) is 0 Å². The third kappa shape index (κ3) is 4.92. The molecule has 1 fully saturated rings. The number of nitrogens with zero attached hydrogens (tertiary/aromatic N) is 2. The second-order valence-corrected chi connectivity index (χ2v) is 7.95. The summed E-state index contributed by atoms with van der Waals surface area (Å²) in [7, 11) is 0. The molecule has 0 radical (unpaired) electrons. The van der Waals surface area contributed by atoms with Crippen molar-refractivity contribution in [3.63, 3.8) is 0 Å². The van der Waals surface area contributed by atoms with Crippen LogP contribution in [0.4, 0.5) is 5.82 Å². The molecule has 21 heavy (non-hydrogen) atoms. The van der Waals surface area contributed by atoms with Crippen LogP contribution < -0.4 is 5.32 Å². The van der Waals surface area contributed by atoms with Crippen LogP contribution in [-0.2, 0) is 5.41 Å². The summed E-state index contributed by atoms with van der Waals surface area (Å²) in [5.41, 5.74) is -0.699. The van der Waals surface area contributed by atoms with Crippen molar-refractivity contribution in [1.82, 2.24) is 9.97 Å².